The van der Waals surface area contributed by atoms with Gasteiger partial charge in [-0.3, -0.25) is 4.79 Å². The van der Waals surface area contributed by atoms with Crippen molar-refractivity contribution in [1.82, 2.24) is 9.62 Å². The van der Waals surface area contributed by atoms with Crippen molar-refractivity contribution in [1.29, 1.82) is 0 Å². The van der Waals surface area contributed by atoms with Crippen molar-refractivity contribution in [2.24, 2.45) is 5.14 Å². The van der Waals surface area contributed by atoms with Crippen LogP contribution in [0.15, 0.2) is 29.2 Å². The number of hydrogen-bond acceptors (Lipinski definition) is 5. The highest BCUT2D eigenvalue weighted by Crippen LogP contribution is 2.10. The molecular formula is C15H25N3O5S2. The van der Waals surface area contributed by atoms with Gasteiger partial charge in [-0.05, 0) is 30.5 Å². The van der Waals surface area contributed by atoms with E-state index in [1.807, 2.05) is 6.92 Å². The monoisotopic (exact) mass is 391 g/mol. The van der Waals surface area contributed by atoms with Gasteiger partial charge in [-0.2, -0.15) is 0 Å². The number of nitrogens with one attached hydrogen (secondary N) is 1. The molecule has 0 bridgehead atoms. The number of carbonyl (C=O) groups is 1. The number of primary sulfonamides is 1. The second-order valence-corrected chi connectivity index (χ2v) is 9.24. The van der Waals surface area contributed by atoms with E-state index in [9.17, 15) is 21.6 Å². The summed E-state index contributed by atoms with van der Waals surface area (Å²) in [6.45, 7) is 2.56. The molecule has 0 heterocycles. The molecule has 25 heavy (non-hydrogen) atoms. The van der Waals surface area contributed by atoms with E-state index < -0.39 is 20.0 Å². The maximum atomic E-state index is 11.9. The third kappa shape index (κ3) is 7.95. The van der Waals surface area contributed by atoms with Crippen LogP contribution in [0.4, 0.5) is 0 Å². The standard InChI is InChI=1S/C15H25N3O5S2/c1-3-4-15(19)17-10-12-18(24(2,20)21)11-9-13-5-7-14(8-6-13)25(16,22)23/h5-8H,3-4,9-12H2,1-2H3,(H,17,19)(H2,16,22,23). The molecule has 142 valence electrons. The van der Waals surface area contributed by atoms with Crippen LogP contribution < -0.4 is 10.5 Å². The van der Waals surface area contributed by atoms with Crippen LogP contribution in [-0.4, -0.2) is 52.9 Å². The van der Waals surface area contributed by atoms with Crippen LogP contribution in [0, 0.1) is 0 Å². The SMILES string of the molecule is CCCC(=O)NCCN(CCc1ccc(S(N)(=O)=O)cc1)S(C)(=O)=O. The first kappa shape index (κ1) is 21.6. The lowest BCUT2D eigenvalue weighted by Gasteiger charge is -2.20. The van der Waals surface area contributed by atoms with E-state index in [4.69, 9.17) is 5.14 Å². The van der Waals surface area contributed by atoms with E-state index >= 15 is 0 Å². The number of benzene rings is 1. The van der Waals surface area contributed by atoms with Gasteiger partial charge in [0.25, 0.3) is 0 Å². The van der Waals surface area contributed by atoms with Gasteiger partial charge < -0.3 is 5.32 Å². The van der Waals surface area contributed by atoms with Crippen molar-refractivity contribution in [2.75, 3.05) is 25.9 Å². The quantitative estimate of drug-likeness (QED) is 0.583. The molecule has 8 nitrogen and oxygen atoms in total. The largest absolute Gasteiger partial charge is 0.355 e. The zero-order valence-corrected chi connectivity index (χ0v) is 16.1. The summed E-state index contributed by atoms with van der Waals surface area (Å²) < 4.78 is 47.4. The first-order valence-electron chi connectivity index (χ1n) is 7.87. The van der Waals surface area contributed by atoms with Crippen LogP contribution in [0.3, 0.4) is 0 Å². The zero-order chi connectivity index (χ0) is 19.1. The van der Waals surface area contributed by atoms with Crippen LogP contribution in [0.25, 0.3) is 0 Å². The third-order valence-electron chi connectivity index (χ3n) is 3.53. The van der Waals surface area contributed by atoms with Gasteiger partial charge in [0.15, 0.2) is 0 Å². The van der Waals surface area contributed by atoms with E-state index in [1.165, 1.54) is 16.4 Å². The summed E-state index contributed by atoms with van der Waals surface area (Å²) in [4.78, 5) is 11.4. The second kappa shape index (κ2) is 9.27. The Morgan fingerprint density at radius 1 is 1.12 bits per heavy atom. The average Bonchev–Trinajstić information content (AvgIpc) is 2.49. The minimum absolute atomic E-state index is 0.00913. The van der Waals surface area contributed by atoms with E-state index in [0.29, 0.717) is 12.8 Å². The number of amides is 1. The summed E-state index contributed by atoms with van der Waals surface area (Å²) in [7, 11) is -7.16. The van der Waals surface area contributed by atoms with Crippen molar-refractivity contribution in [3.8, 4) is 0 Å². The Hall–Kier alpha value is -1.49. The molecule has 1 aromatic carbocycles. The first-order valence-corrected chi connectivity index (χ1v) is 11.3. The summed E-state index contributed by atoms with van der Waals surface area (Å²) in [6, 6.07) is 5.98. The van der Waals surface area contributed by atoms with E-state index in [-0.39, 0.29) is 30.4 Å². The van der Waals surface area contributed by atoms with Crippen molar-refractivity contribution in [2.45, 2.75) is 31.1 Å². The van der Waals surface area contributed by atoms with Crippen LogP contribution in [0.5, 0.6) is 0 Å². The van der Waals surface area contributed by atoms with Crippen molar-refractivity contribution < 1.29 is 21.6 Å². The fraction of sp³-hybridized carbons (Fsp3) is 0.533. The molecule has 0 unspecified atom stereocenters. The smallest absolute Gasteiger partial charge is 0.238 e. The maximum Gasteiger partial charge on any atom is 0.238 e. The van der Waals surface area contributed by atoms with Gasteiger partial charge in [0, 0.05) is 26.1 Å². The molecule has 1 amide bonds. The fourth-order valence-electron chi connectivity index (χ4n) is 2.18. The number of nitrogens with two attached hydrogens (primary N) is 1. The Morgan fingerprint density at radius 3 is 2.20 bits per heavy atom. The Balaban J connectivity index is 2.63. The first-order chi connectivity index (χ1) is 11.5. The molecule has 1 aromatic rings. The number of carbonyl (C=O) groups excluding carboxylic acids is 1. The summed E-state index contributed by atoms with van der Waals surface area (Å²) >= 11 is 0. The molecule has 0 aliphatic heterocycles. The van der Waals surface area contributed by atoms with Gasteiger partial charge in [-0.25, -0.2) is 26.3 Å². The van der Waals surface area contributed by atoms with Gasteiger partial charge >= 0.3 is 0 Å². The molecular weight excluding hydrogens is 366 g/mol. The molecule has 1 rings (SSSR count). The van der Waals surface area contributed by atoms with Gasteiger partial charge in [0.2, 0.25) is 26.0 Å². The van der Waals surface area contributed by atoms with Crippen molar-refractivity contribution in [3.05, 3.63) is 29.8 Å². The van der Waals surface area contributed by atoms with Crippen LogP contribution in [0.2, 0.25) is 0 Å². The van der Waals surface area contributed by atoms with Gasteiger partial charge in [0.1, 0.15) is 0 Å². The summed E-state index contributed by atoms with van der Waals surface area (Å²) in [5.74, 6) is -0.102. The van der Waals surface area contributed by atoms with Crippen LogP contribution in [0.1, 0.15) is 25.3 Å². The highest BCUT2D eigenvalue weighted by molar-refractivity contribution is 7.89. The number of sulfonamides is 2. The number of nitrogens with zero attached hydrogens (tertiary/aromatic N) is 1. The summed E-state index contributed by atoms with van der Waals surface area (Å²) in [6.07, 6.45) is 2.68. The second-order valence-electron chi connectivity index (χ2n) is 5.70. The zero-order valence-electron chi connectivity index (χ0n) is 14.4. The molecule has 3 N–H and O–H groups in total. The summed E-state index contributed by atoms with van der Waals surface area (Å²) in [5, 5.41) is 7.72. The Kier molecular flexibility index (Phi) is 8.00. The minimum Gasteiger partial charge on any atom is -0.355 e. The summed E-state index contributed by atoms with van der Waals surface area (Å²) in [5.41, 5.74) is 0.788. The molecule has 0 aliphatic rings. The highest BCUT2D eigenvalue weighted by atomic mass is 32.2. The van der Waals surface area contributed by atoms with Crippen LogP contribution in [-0.2, 0) is 31.3 Å². The Labute approximate surface area is 149 Å². The topological polar surface area (TPSA) is 127 Å². The van der Waals surface area contributed by atoms with Crippen LogP contribution >= 0.6 is 0 Å². The number of rotatable bonds is 10. The van der Waals surface area contributed by atoms with Crippen molar-refractivity contribution in [3.63, 3.8) is 0 Å². The van der Waals surface area contributed by atoms with Gasteiger partial charge in [-0.1, -0.05) is 19.1 Å². The molecule has 0 saturated carbocycles. The lowest BCUT2D eigenvalue weighted by molar-refractivity contribution is -0.121. The normalized spacial score (nSPS) is 12.3. The Morgan fingerprint density at radius 2 is 1.72 bits per heavy atom. The molecule has 0 radical (unpaired) electrons. The average molecular weight is 392 g/mol. The predicted molar refractivity (Wildman–Crippen MR) is 95.9 cm³/mol. The minimum atomic E-state index is -3.75. The van der Waals surface area contributed by atoms with E-state index in [2.05, 4.69) is 5.32 Å². The molecule has 0 spiro atoms. The highest BCUT2D eigenvalue weighted by Gasteiger charge is 2.16. The van der Waals surface area contributed by atoms with Gasteiger partial charge in [-0.15, -0.1) is 0 Å². The lowest BCUT2D eigenvalue weighted by atomic mass is 10.1. The van der Waals surface area contributed by atoms with E-state index in [0.717, 1.165) is 18.2 Å². The van der Waals surface area contributed by atoms with Gasteiger partial charge in [0.05, 0.1) is 11.2 Å². The third-order valence-corrected chi connectivity index (χ3v) is 5.76. The van der Waals surface area contributed by atoms with Crippen molar-refractivity contribution >= 4 is 26.0 Å². The molecule has 0 aliphatic carbocycles. The number of hydrogen-bond donors (Lipinski definition) is 2. The predicted octanol–water partition coefficient (Wildman–Crippen LogP) is 0.0544. The molecule has 0 atom stereocenters. The lowest BCUT2D eigenvalue weighted by Crippen LogP contribution is -2.39. The maximum absolute atomic E-state index is 11.9. The molecule has 0 aromatic heterocycles. The Bertz CT molecular complexity index is 774. The molecule has 0 saturated heterocycles. The van der Waals surface area contributed by atoms with E-state index in [1.54, 1.807) is 12.1 Å². The molecule has 10 heteroatoms. The molecule has 0 fully saturated rings. The fourth-order valence-corrected chi connectivity index (χ4v) is 3.54.